The number of nitrogens with two attached hydrogens (primary N) is 1. The Bertz CT molecular complexity index is 354. The summed E-state index contributed by atoms with van der Waals surface area (Å²) >= 11 is 0. The van der Waals surface area contributed by atoms with E-state index in [4.69, 9.17) is 15.2 Å². The van der Waals surface area contributed by atoms with Crippen molar-refractivity contribution in [1.29, 1.82) is 0 Å². The highest BCUT2D eigenvalue weighted by molar-refractivity contribution is 5.15. The van der Waals surface area contributed by atoms with Crippen LogP contribution in [0.25, 0.3) is 0 Å². The number of benzene rings is 1. The molecular weight excluding hydrogens is 240 g/mol. The SMILES string of the molecule is CCN(Cc1ccccc1)C(C)(CN)C(OC)OC. The lowest BCUT2D eigenvalue weighted by atomic mass is 9.97. The molecule has 1 atom stereocenters. The molecule has 0 heterocycles. The van der Waals surface area contributed by atoms with Crippen molar-refractivity contribution in [3.8, 4) is 0 Å². The molecule has 2 N–H and O–H groups in total. The molecule has 1 aromatic carbocycles. The summed E-state index contributed by atoms with van der Waals surface area (Å²) in [5.74, 6) is 0. The van der Waals surface area contributed by atoms with Crippen molar-refractivity contribution in [2.24, 2.45) is 5.73 Å². The lowest BCUT2D eigenvalue weighted by Crippen LogP contribution is -2.60. The van der Waals surface area contributed by atoms with Gasteiger partial charge in [0.1, 0.15) is 0 Å². The second-order valence-corrected chi connectivity index (χ2v) is 4.86. The van der Waals surface area contributed by atoms with Crippen molar-refractivity contribution in [3.05, 3.63) is 35.9 Å². The van der Waals surface area contributed by atoms with Gasteiger partial charge in [-0.25, -0.2) is 0 Å². The van der Waals surface area contributed by atoms with Gasteiger partial charge in [-0.2, -0.15) is 0 Å². The van der Waals surface area contributed by atoms with Gasteiger partial charge in [0.05, 0.1) is 5.54 Å². The molecule has 0 saturated heterocycles. The first-order valence-corrected chi connectivity index (χ1v) is 6.67. The molecule has 0 saturated carbocycles. The number of methoxy groups -OCH3 is 2. The fourth-order valence-corrected chi connectivity index (χ4v) is 2.44. The molecule has 19 heavy (non-hydrogen) atoms. The Kier molecular flexibility index (Phi) is 6.45. The first-order chi connectivity index (χ1) is 9.12. The summed E-state index contributed by atoms with van der Waals surface area (Å²) in [7, 11) is 3.30. The van der Waals surface area contributed by atoms with Gasteiger partial charge in [0.2, 0.25) is 0 Å². The number of rotatable bonds is 8. The third-order valence-corrected chi connectivity index (χ3v) is 3.67. The van der Waals surface area contributed by atoms with Crippen LogP contribution in [0.3, 0.4) is 0 Å². The predicted molar refractivity (Wildman–Crippen MR) is 77.8 cm³/mol. The molecule has 1 unspecified atom stereocenters. The first-order valence-electron chi connectivity index (χ1n) is 6.67. The van der Waals surface area contributed by atoms with Crippen LogP contribution in [-0.2, 0) is 16.0 Å². The van der Waals surface area contributed by atoms with Crippen LogP contribution < -0.4 is 5.73 Å². The Balaban J connectivity index is 2.92. The summed E-state index contributed by atoms with van der Waals surface area (Å²) in [6.45, 7) is 6.39. The average Bonchev–Trinajstić information content (AvgIpc) is 2.46. The monoisotopic (exact) mass is 266 g/mol. The molecular formula is C15H26N2O2. The van der Waals surface area contributed by atoms with Crippen molar-refractivity contribution in [1.82, 2.24) is 4.90 Å². The topological polar surface area (TPSA) is 47.7 Å². The smallest absolute Gasteiger partial charge is 0.176 e. The van der Waals surface area contributed by atoms with E-state index in [9.17, 15) is 0 Å². The van der Waals surface area contributed by atoms with Crippen LogP contribution in [0.2, 0.25) is 0 Å². The molecule has 4 heteroatoms. The summed E-state index contributed by atoms with van der Waals surface area (Å²) in [4.78, 5) is 2.29. The summed E-state index contributed by atoms with van der Waals surface area (Å²) in [5, 5.41) is 0. The van der Waals surface area contributed by atoms with Crippen LogP contribution in [0, 0.1) is 0 Å². The van der Waals surface area contributed by atoms with E-state index in [0.717, 1.165) is 13.1 Å². The van der Waals surface area contributed by atoms with Crippen molar-refractivity contribution in [2.75, 3.05) is 27.3 Å². The number of hydrogen-bond donors (Lipinski definition) is 1. The van der Waals surface area contributed by atoms with Gasteiger partial charge < -0.3 is 15.2 Å². The second kappa shape index (κ2) is 7.60. The van der Waals surface area contributed by atoms with Gasteiger partial charge in [0, 0.05) is 27.3 Å². The fourth-order valence-electron chi connectivity index (χ4n) is 2.44. The van der Waals surface area contributed by atoms with E-state index in [-0.39, 0.29) is 11.8 Å². The van der Waals surface area contributed by atoms with E-state index < -0.39 is 0 Å². The van der Waals surface area contributed by atoms with Gasteiger partial charge in [0.25, 0.3) is 0 Å². The molecule has 1 rings (SSSR count). The van der Waals surface area contributed by atoms with Crippen molar-refractivity contribution < 1.29 is 9.47 Å². The molecule has 0 aliphatic rings. The standard InChI is InChI=1S/C15H26N2O2/c1-5-17(11-13-9-7-6-8-10-13)15(2,12-16)14(18-3)19-4/h6-10,14H,5,11-12,16H2,1-4H3. The predicted octanol–water partition coefficient (Wildman–Crippen LogP) is 1.84. The van der Waals surface area contributed by atoms with E-state index in [1.165, 1.54) is 5.56 Å². The maximum absolute atomic E-state index is 5.99. The Labute approximate surface area is 116 Å². The third-order valence-electron chi connectivity index (χ3n) is 3.67. The second-order valence-electron chi connectivity index (χ2n) is 4.86. The summed E-state index contributed by atoms with van der Waals surface area (Å²) in [6, 6.07) is 10.4. The van der Waals surface area contributed by atoms with Gasteiger partial charge in [-0.15, -0.1) is 0 Å². The highest BCUT2D eigenvalue weighted by Gasteiger charge is 2.38. The fraction of sp³-hybridized carbons (Fsp3) is 0.600. The summed E-state index contributed by atoms with van der Waals surface area (Å²) < 4.78 is 10.9. The van der Waals surface area contributed by atoms with Gasteiger partial charge in [0.15, 0.2) is 6.29 Å². The average molecular weight is 266 g/mol. The van der Waals surface area contributed by atoms with Crippen molar-refractivity contribution in [3.63, 3.8) is 0 Å². The molecule has 0 aliphatic heterocycles. The molecule has 0 bridgehead atoms. The summed E-state index contributed by atoms with van der Waals surface area (Å²) in [5.41, 5.74) is 6.89. The third kappa shape index (κ3) is 3.76. The Morgan fingerprint density at radius 2 is 1.79 bits per heavy atom. The molecule has 1 aromatic rings. The van der Waals surface area contributed by atoms with Crippen molar-refractivity contribution >= 4 is 0 Å². The molecule has 0 spiro atoms. The van der Waals surface area contributed by atoms with Crippen LogP contribution >= 0.6 is 0 Å². The number of ether oxygens (including phenoxy) is 2. The first kappa shape index (κ1) is 16.1. The number of hydrogen-bond acceptors (Lipinski definition) is 4. The van der Waals surface area contributed by atoms with Gasteiger partial charge >= 0.3 is 0 Å². The largest absolute Gasteiger partial charge is 0.354 e. The van der Waals surface area contributed by atoms with Gasteiger partial charge in [-0.3, -0.25) is 4.90 Å². The highest BCUT2D eigenvalue weighted by atomic mass is 16.7. The van der Waals surface area contributed by atoms with Crippen LogP contribution in [0.5, 0.6) is 0 Å². The highest BCUT2D eigenvalue weighted by Crippen LogP contribution is 2.23. The Hall–Kier alpha value is -0.940. The van der Waals surface area contributed by atoms with Crippen molar-refractivity contribution in [2.45, 2.75) is 32.2 Å². The number of likely N-dealkylation sites (N-methyl/N-ethyl adjacent to an activating group) is 1. The Morgan fingerprint density at radius 1 is 1.21 bits per heavy atom. The lowest BCUT2D eigenvalue weighted by Gasteiger charge is -2.44. The quantitative estimate of drug-likeness (QED) is 0.729. The van der Waals surface area contributed by atoms with E-state index in [2.05, 4.69) is 30.9 Å². The number of nitrogens with zero attached hydrogens (tertiary/aromatic N) is 1. The zero-order chi connectivity index (χ0) is 14.3. The Morgan fingerprint density at radius 3 is 2.21 bits per heavy atom. The normalized spacial score (nSPS) is 14.9. The lowest BCUT2D eigenvalue weighted by molar-refractivity contribution is -0.182. The molecule has 108 valence electrons. The van der Waals surface area contributed by atoms with Gasteiger partial charge in [-0.1, -0.05) is 37.3 Å². The van der Waals surface area contributed by atoms with E-state index >= 15 is 0 Å². The molecule has 4 nitrogen and oxygen atoms in total. The van der Waals surface area contributed by atoms with E-state index in [0.29, 0.717) is 6.54 Å². The molecule has 0 radical (unpaired) electrons. The molecule has 0 aliphatic carbocycles. The summed E-state index contributed by atoms with van der Waals surface area (Å²) in [6.07, 6.45) is -0.346. The van der Waals surface area contributed by atoms with Crippen LogP contribution in [0.4, 0.5) is 0 Å². The van der Waals surface area contributed by atoms with Gasteiger partial charge in [-0.05, 0) is 19.0 Å². The molecule has 0 fully saturated rings. The van der Waals surface area contributed by atoms with E-state index in [1.807, 2.05) is 18.2 Å². The van der Waals surface area contributed by atoms with E-state index in [1.54, 1.807) is 14.2 Å². The van der Waals surface area contributed by atoms with Crippen LogP contribution in [0.15, 0.2) is 30.3 Å². The maximum atomic E-state index is 5.99. The molecule has 0 amide bonds. The molecule has 0 aromatic heterocycles. The minimum atomic E-state index is -0.353. The van der Waals surface area contributed by atoms with Crippen LogP contribution in [-0.4, -0.2) is 44.0 Å². The minimum Gasteiger partial charge on any atom is -0.354 e. The minimum absolute atomic E-state index is 0.346. The zero-order valence-corrected chi connectivity index (χ0v) is 12.4. The van der Waals surface area contributed by atoms with Crippen LogP contribution in [0.1, 0.15) is 19.4 Å². The maximum Gasteiger partial charge on any atom is 0.176 e. The zero-order valence-electron chi connectivity index (χ0n) is 12.4.